The first-order valence-corrected chi connectivity index (χ1v) is 11.8. The maximum atomic E-state index is 11.5. The van der Waals surface area contributed by atoms with E-state index in [9.17, 15) is 9.90 Å². The molecule has 0 aliphatic heterocycles. The lowest BCUT2D eigenvalue weighted by Gasteiger charge is -2.22. The van der Waals surface area contributed by atoms with Crippen LogP contribution in [0.3, 0.4) is 0 Å². The van der Waals surface area contributed by atoms with Gasteiger partial charge < -0.3 is 9.84 Å². The fourth-order valence-corrected chi connectivity index (χ4v) is 4.83. The molecule has 3 aromatic heterocycles. The summed E-state index contributed by atoms with van der Waals surface area (Å²) in [6, 6.07) is 6.29. The fraction of sp³-hybridized carbons (Fsp3) is 0.500. The van der Waals surface area contributed by atoms with Crippen molar-refractivity contribution in [1.29, 1.82) is 0 Å². The molecule has 0 saturated heterocycles. The minimum absolute atomic E-state index is 0.0566. The van der Waals surface area contributed by atoms with Gasteiger partial charge in [0.15, 0.2) is 0 Å². The Morgan fingerprint density at radius 2 is 2.03 bits per heavy atom. The Balaban J connectivity index is 1.77. The highest BCUT2D eigenvalue weighted by molar-refractivity contribution is 5.84. The third-order valence-corrected chi connectivity index (χ3v) is 6.49. The number of nitrogens with zero attached hydrogens (tertiary/aromatic N) is 3. The summed E-state index contributed by atoms with van der Waals surface area (Å²) in [5.41, 5.74) is 6.99. The number of carboxylic acid groups (broad SMARTS) is 1. The van der Waals surface area contributed by atoms with Crippen LogP contribution < -0.4 is 0 Å². The Bertz CT molecular complexity index is 1080. The molecule has 170 valence electrons. The number of aryl methyl sites for hydroxylation is 2. The van der Waals surface area contributed by atoms with Gasteiger partial charge in [-0.05, 0) is 67.9 Å². The van der Waals surface area contributed by atoms with Crippen LogP contribution in [0.1, 0.15) is 68.0 Å². The molecule has 1 fully saturated rings. The molecule has 1 N–H and O–H groups in total. The standard InChI is InChI=1S/C26H33N3O3/c1-3-21-9-11-24-26(20-13-18(2)14-27-15-20)22(10-12-25(30)31)23(28-29(21)24)17-32-16-19-7-5-4-6-8-19/h9,11,13-15,19H,3-8,10,12,16-17H2,1-2H3,(H,30,31). The molecule has 0 radical (unpaired) electrons. The summed E-state index contributed by atoms with van der Waals surface area (Å²) in [7, 11) is 0. The van der Waals surface area contributed by atoms with Crippen LogP contribution in [0.4, 0.5) is 0 Å². The van der Waals surface area contributed by atoms with E-state index in [0.29, 0.717) is 18.9 Å². The van der Waals surface area contributed by atoms with E-state index in [1.807, 2.05) is 23.8 Å². The van der Waals surface area contributed by atoms with E-state index >= 15 is 0 Å². The molecule has 6 heteroatoms. The van der Waals surface area contributed by atoms with Gasteiger partial charge in [0.05, 0.1) is 17.8 Å². The molecule has 0 aromatic carbocycles. The molecule has 1 aliphatic carbocycles. The smallest absolute Gasteiger partial charge is 0.303 e. The summed E-state index contributed by atoms with van der Waals surface area (Å²) in [6.45, 7) is 5.28. The van der Waals surface area contributed by atoms with Gasteiger partial charge in [-0.3, -0.25) is 9.78 Å². The molecule has 1 aliphatic rings. The highest BCUT2D eigenvalue weighted by Crippen LogP contribution is 2.33. The summed E-state index contributed by atoms with van der Waals surface area (Å²) in [5, 5.41) is 14.4. The van der Waals surface area contributed by atoms with Crippen LogP contribution in [0, 0.1) is 12.8 Å². The minimum Gasteiger partial charge on any atom is -0.481 e. The highest BCUT2D eigenvalue weighted by atomic mass is 16.5. The maximum absolute atomic E-state index is 11.5. The number of rotatable bonds is 9. The zero-order valence-electron chi connectivity index (χ0n) is 19.1. The van der Waals surface area contributed by atoms with Crippen molar-refractivity contribution in [3.8, 4) is 11.1 Å². The lowest BCUT2D eigenvalue weighted by Crippen LogP contribution is -2.16. The first kappa shape index (κ1) is 22.5. The van der Waals surface area contributed by atoms with Crippen molar-refractivity contribution in [2.24, 2.45) is 5.92 Å². The molecular formula is C26H33N3O3. The second-order valence-electron chi connectivity index (χ2n) is 8.94. The lowest BCUT2D eigenvalue weighted by atomic mass is 9.90. The third-order valence-electron chi connectivity index (χ3n) is 6.49. The fourth-order valence-electron chi connectivity index (χ4n) is 4.83. The second-order valence-corrected chi connectivity index (χ2v) is 8.94. The van der Waals surface area contributed by atoms with E-state index in [1.165, 1.54) is 32.1 Å². The van der Waals surface area contributed by atoms with Crippen molar-refractivity contribution < 1.29 is 14.6 Å². The Morgan fingerprint density at radius 1 is 1.22 bits per heavy atom. The van der Waals surface area contributed by atoms with Gasteiger partial charge >= 0.3 is 5.97 Å². The summed E-state index contributed by atoms with van der Waals surface area (Å²) in [4.78, 5) is 15.9. The van der Waals surface area contributed by atoms with Crippen molar-refractivity contribution in [1.82, 2.24) is 14.6 Å². The van der Waals surface area contributed by atoms with Gasteiger partial charge in [-0.2, -0.15) is 5.10 Å². The van der Waals surface area contributed by atoms with E-state index in [-0.39, 0.29) is 6.42 Å². The molecule has 0 amide bonds. The zero-order chi connectivity index (χ0) is 22.5. The molecule has 3 aromatic rings. The van der Waals surface area contributed by atoms with E-state index in [4.69, 9.17) is 9.84 Å². The Morgan fingerprint density at radius 3 is 2.75 bits per heavy atom. The predicted octanol–water partition coefficient (Wildman–Crippen LogP) is 5.38. The number of hydrogen-bond acceptors (Lipinski definition) is 4. The van der Waals surface area contributed by atoms with Crippen LogP contribution in [-0.4, -0.2) is 32.3 Å². The molecule has 3 heterocycles. The van der Waals surface area contributed by atoms with E-state index in [0.717, 1.165) is 52.2 Å². The quantitative estimate of drug-likeness (QED) is 0.488. The van der Waals surface area contributed by atoms with Crippen molar-refractivity contribution in [3.05, 3.63) is 53.1 Å². The number of carbonyl (C=O) groups is 1. The highest BCUT2D eigenvalue weighted by Gasteiger charge is 2.21. The van der Waals surface area contributed by atoms with Crippen molar-refractivity contribution in [2.75, 3.05) is 6.61 Å². The predicted molar refractivity (Wildman–Crippen MR) is 125 cm³/mol. The van der Waals surface area contributed by atoms with Gasteiger partial charge in [0, 0.05) is 42.2 Å². The van der Waals surface area contributed by atoms with E-state index < -0.39 is 5.97 Å². The van der Waals surface area contributed by atoms with E-state index in [2.05, 4.69) is 30.1 Å². The van der Waals surface area contributed by atoms with Gasteiger partial charge in [0.2, 0.25) is 0 Å². The maximum Gasteiger partial charge on any atom is 0.303 e. The summed E-state index contributed by atoms with van der Waals surface area (Å²) >= 11 is 0. The van der Waals surface area contributed by atoms with Crippen LogP contribution in [0.2, 0.25) is 0 Å². The molecule has 4 rings (SSSR count). The Labute approximate surface area is 189 Å². The van der Waals surface area contributed by atoms with Gasteiger partial charge in [0.1, 0.15) is 0 Å². The number of aromatic nitrogens is 3. The number of carboxylic acids is 1. The topological polar surface area (TPSA) is 76.7 Å². The average Bonchev–Trinajstić information content (AvgIpc) is 3.20. The van der Waals surface area contributed by atoms with Gasteiger partial charge in [-0.15, -0.1) is 0 Å². The first-order chi connectivity index (χ1) is 15.6. The van der Waals surface area contributed by atoms with Gasteiger partial charge in [0.25, 0.3) is 0 Å². The monoisotopic (exact) mass is 435 g/mol. The Hall–Kier alpha value is -2.73. The normalized spacial score (nSPS) is 14.8. The third kappa shape index (κ3) is 5.01. The first-order valence-electron chi connectivity index (χ1n) is 11.8. The van der Waals surface area contributed by atoms with Crippen molar-refractivity contribution in [2.45, 2.75) is 71.8 Å². The molecular weight excluding hydrogens is 402 g/mol. The number of fused-ring (bicyclic) bond motifs is 1. The van der Waals surface area contributed by atoms with Gasteiger partial charge in [-0.1, -0.05) is 26.2 Å². The minimum atomic E-state index is -0.808. The molecule has 0 bridgehead atoms. The lowest BCUT2D eigenvalue weighted by molar-refractivity contribution is -0.136. The molecule has 0 atom stereocenters. The summed E-state index contributed by atoms with van der Waals surface area (Å²) in [6.07, 6.45) is 11.4. The van der Waals surface area contributed by atoms with Crippen molar-refractivity contribution >= 4 is 11.5 Å². The molecule has 0 unspecified atom stereocenters. The number of ether oxygens (including phenoxy) is 1. The van der Waals surface area contributed by atoms with Crippen LogP contribution in [0.5, 0.6) is 0 Å². The van der Waals surface area contributed by atoms with E-state index in [1.54, 1.807) is 0 Å². The van der Waals surface area contributed by atoms with Gasteiger partial charge in [-0.25, -0.2) is 4.52 Å². The summed E-state index contributed by atoms with van der Waals surface area (Å²) < 4.78 is 8.18. The van der Waals surface area contributed by atoms with Crippen LogP contribution in [-0.2, 0) is 29.0 Å². The largest absolute Gasteiger partial charge is 0.481 e. The second kappa shape index (κ2) is 10.3. The van der Waals surface area contributed by atoms with Crippen LogP contribution in [0.15, 0.2) is 30.6 Å². The number of aliphatic carboxylic acids is 1. The molecule has 6 nitrogen and oxygen atoms in total. The molecule has 0 spiro atoms. The molecule has 32 heavy (non-hydrogen) atoms. The Kier molecular flexibility index (Phi) is 7.20. The summed E-state index contributed by atoms with van der Waals surface area (Å²) in [5.74, 6) is -0.190. The molecule has 1 saturated carbocycles. The number of pyridine rings is 1. The SMILES string of the molecule is CCc1ccc2c(-c3cncc(C)c3)c(CCC(=O)O)c(COCC3CCCCC3)nn12. The van der Waals surface area contributed by atoms with Crippen molar-refractivity contribution in [3.63, 3.8) is 0 Å². The van der Waals surface area contributed by atoms with Crippen LogP contribution in [0.25, 0.3) is 16.6 Å². The number of hydrogen-bond donors (Lipinski definition) is 1. The average molecular weight is 436 g/mol. The zero-order valence-corrected chi connectivity index (χ0v) is 19.1. The van der Waals surface area contributed by atoms with Crippen LogP contribution >= 0.6 is 0 Å².